The van der Waals surface area contributed by atoms with Crippen LogP contribution in [0.25, 0.3) is 0 Å². The van der Waals surface area contributed by atoms with Crippen molar-refractivity contribution in [3.63, 3.8) is 0 Å². The first-order chi connectivity index (χ1) is 12.4. The van der Waals surface area contributed by atoms with Gasteiger partial charge in [-0.15, -0.1) is 0 Å². The lowest BCUT2D eigenvalue weighted by molar-refractivity contribution is 0.0954. The van der Waals surface area contributed by atoms with Gasteiger partial charge in [-0.3, -0.25) is 4.79 Å². The average molecular weight is 382 g/mol. The maximum Gasteiger partial charge on any atom is 0.251 e. The van der Waals surface area contributed by atoms with E-state index in [1.807, 2.05) is 0 Å². The summed E-state index contributed by atoms with van der Waals surface area (Å²) in [7, 11) is -0.811. The topological polar surface area (TPSA) is 93.7 Å². The van der Waals surface area contributed by atoms with Crippen LogP contribution >= 0.6 is 0 Å². The first-order valence-electron chi connectivity index (χ1n) is 7.63. The van der Waals surface area contributed by atoms with Crippen LogP contribution in [-0.2, 0) is 10.0 Å². The summed E-state index contributed by atoms with van der Waals surface area (Å²) >= 11 is 0. The molecule has 0 aromatic heterocycles. The monoisotopic (exact) mass is 382 g/mol. The fourth-order valence-electron chi connectivity index (χ4n) is 2.14. The molecule has 9 heteroatoms. The molecule has 7 nitrogen and oxygen atoms in total. The molecule has 0 aliphatic heterocycles. The number of rotatable bonds is 8. The molecule has 0 radical (unpaired) electrons. The Hall–Kier alpha value is -2.65. The minimum Gasteiger partial charge on any atom is -0.493 e. The molecule has 0 spiro atoms. The predicted molar refractivity (Wildman–Crippen MR) is 93.5 cm³/mol. The zero-order valence-electron chi connectivity index (χ0n) is 14.3. The highest BCUT2D eigenvalue weighted by Gasteiger charge is 2.14. The number of amides is 1. The molecular weight excluding hydrogens is 363 g/mol. The van der Waals surface area contributed by atoms with Gasteiger partial charge in [0.1, 0.15) is 5.82 Å². The molecular formula is C17H19FN2O5S. The van der Waals surface area contributed by atoms with E-state index in [1.54, 1.807) is 12.1 Å². The minimum atomic E-state index is -3.76. The smallest absolute Gasteiger partial charge is 0.251 e. The molecule has 1 amide bonds. The highest BCUT2D eigenvalue weighted by molar-refractivity contribution is 7.89. The van der Waals surface area contributed by atoms with Gasteiger partial charge < -0.3 is 14.8 Å². The summed E-state index contributed by atoms with van der Waals surface area (Å²) < 4.78 is 49.5. The standard InChI is InChI=1S/C17H19FN2O5S/c1-24-15-8-3-12(11-16(15)25-2)17(21)19-9-10-20-26(22,23)14-6-4-13(18)5-7-14/h3-8,11,20H,9-10H2,1-2H3,(H,19,21). The fraction of sp³-hybridized carbons (Fsp3) is 0.235. The first-order valence-corrected chi connectivity index (χ1v) is 9.11. The normalized spacial score (nSPS) is 11.0. The van der Waals surface area contributed by atoms with E-state index in [1.165, 1.54) is 32.4 Å². The lowest BCUT2D eigenvalue weighted by atomic mass is 10.2. The van der Waals surface area contributed by atoms with Crippen LogP contribution in [0.15, 0.2) is 47.4 Å². The van der Waals surface area contributed by atoms with E-state index in [0.717, 1.165) is 12.1 Å². The third-order valence-electron chi connectivity index (χ3n) is 3.47. The number of halogens is 1. The van der Waals surface area contributed by atoms with Gasteiger partial charge in [-0.25, -0.2) is 17.5 Å². The maximum atomic E-state index is 12.9. The van der Waals surface area contributed by atoms with Crippen molar-refractivity contribution in [2.75, 3.05) is 27.3 Å². The van der Waals surface area contributed by atoms with Gasteiger partial charge in [0.15, 0.2) is 11.5 Å². The van der Waals surface area contributed by atoms with Gasteiger partial charge in [0.25, 0.3) is 5.91 Å². The first kappa shape index (κ1) is 19.7. The molecule has 0 saturated heterocycles. The van der Waals surface area contributed by atoms with E-state index in [2.05, 4.69) is 10.0 Å². The SMILES string of the molecule is COc1ccc(C(=O)NCCNS(=O)(=O)c2ccc(F)cc2)cc1OC. The number of carbonyl (C=O) groups is 1. The van der Waals surface area contributed by atoms with Gasteiger partial charge in [-0.1, -0.05) is 0 Å². The van der Waals surface area contributed by atoms with Crippen LogP contribution in [-0.4, -0.2) is 41.6 Å². The molecule has 0 bridgehead atoms. The van der Waals surface area contributed by atoms with Crippen LogP contribution in [0, 0.1) is 5.82 Å². The van der Waals surface area contributed by atoms with Gasteiger partial charge in [0, 0.05) is 18.7 Å². The van der Waals surface area contributed by atoms with Gasteiger partial charge in [0.2, 0.25) is 10.0 Å². The number of sulfonamides is 1. The van der Waals surface area contributed by atoms with Crippen molar-refractivity contribution < 1.29 is 27.1 Å². The third kappa shape index (κ3) is 4.93. The zero-order valence-corrected chi connectivity index (χ0v) is 15.1. The predicted octanol–water partition coefficient (Wildman–Crippen LogP) is 1.55. The second-order valence-corrected chi connectivity index (χ2v) is 6.94. The number of hydrogen-bond donors (Lipinski definition) is 2. The summed E-state index contributed by atoms with van der Waals surface area (Å²) in [5, 5.41) is 2.60. The zero-order chi connectivity index (χ0) is 19.2. The number of ether oxygens (including phenoxy) is 2. The van der Waals surface area contributed by atoms with Crippen molar-refractivity contribution in [3.8, 4) is 11.5 Å². The lowest BCUT2D eigenvalue weighted by Crippen LogP contribution is -2.34. The van der Waals surface area contributed by atoms with Crippen LogP contribution < -0.4 is 19.5 Å². The highest BCUT2D eigenvalue weighted by atomic mass is 32.2. The molecule has 140 valence electrons. The van der Waals surface area contributed by atoms with Gasteiger partial charge in [-0.2, -0.15) is 0 Å². The van der Waals surface area contributed by atoms with E-state index in [-0.39, 0.29) is 23.9 Å². The Morgan fingerprint density at radius 1 is 1.00 bits per heavy atom. The second kappa shape index (κ2) is 8.63. The average Bonchev–Trinajstić information content (AvgIpc) is 2.64. The van der Waals surface area contributed by atoms with Crippen molar-refractivity contribution in [1.82, 2.24) is 10.0 Å². The molecule has 2 aromatic rings. The molecule has 0 unspecified atom stereocenters. The Morgan fingerprint density at radius 3 is 2.27 bits per heavy atom. The third-order valence-corrected chi connectivity index (χ3v) is 4.95. The molecule has 0 atom stereocenters. The molecule has 0 saturated carbocycles. The Balaban J connectivity index is 1.89. The van der Waals surface area contributed by atoms with Crippen LogP contribution in [0.1, 0.15) is 10.4 Å². The van der Waals surface area contributed by atoms with E-state index in [9.17, 15) is 17.6 Å². The summed E-state index contributed by atoms with van der Waals surface area (Å²) in [5.41, 5.74) is 0.351. The van der Waals surface area contributed by atoms with Gasteiger partial charge >= 0.3 is 0 Å². The molecule has 2 aromatic carbocycles. The van der Waals surface area contributed by atoms with Crippen molar-refractivity contribution >= 4 is 15.9 Å². The minimum absolute atomic E-state index is 0.0151. The number of carbonyl (C=O) groups excluding carboxylic acids is 1. The molecule has 26 heavy (non-hydrogen) atoms. The van der Waals surface area contributed by atoms with Crippen LogP contribution in [0.5, 0.6) is 11.5 Å². The molecule has 2 N–H and O–H groups in total. The fourth-order valence-corrected chi connectivity index (χ4v) is 3.17. The van der Waals surface area contributed by atoms with E-state index < -0.39 is 15.8 Å². The van der Waals surface area contributed by atoms with E-state index in [4.69, 9.17) is 9.47 Å². The summed E-state index contributed by atoms with van der Waals surface area (Å²) in [6.45, 7) is 0.0618. The summed E-state index contributed by atoms with van der Waals surface area (Å²) in [5.74, 6) is 0.00587. The molecule has 0 aliphatic carbocycles. The Kier molecular flexibility index (Phi) is 6.53. The molecule has 0 fully saturated rings. The van der Waals surface area contributed by atoms with Crippen LogP contribution in [0.2, 0.25) is 0 Å². The van der Waals surface area contributed by atoms with Crippen molar-refractivity contribution in [2.24, 2.45) is 0 Å². The van der Waals surface area contributed by atoms with Gasteiger partial charge in [-0.05, 0) is 42.5 Å². The van der Waals surface area contributed by atoms with Crippen molar-refractivity contribution in [1.29, 1.82) is 0 Å². The largest absolute Gasteiger partial charge is 0.493 e. The summed E-state index contributed by atoms with van der Waals surface area (Å²) in [6, 6.07) is 9.15. The van der Waals surface area contributed by atoms with Gasteiger partial charge in [0.05, 0.1) is 19.1 Å². The molecule has 0 heterocycles. The lowest BCUT2D eigenvalue weighted by Gasteiger charge is -2.10. The maximum absolute atomic E-state index is 12.9. The highest BCUT2D eigenvalue weighted by Crippen LogP contribution is 2.27. The summed E-state index contributed by atoms with van der Waals surface area (Å²) in [6.07, 6.45) is 0. The second-order valence-electron chi connectivity index (χ2n) is 5.18. The van der Waals surface area contributed by atoms with Crippen molar-refractivity contribution in [3.05, 3.63) is 53.8 Å². The molecule has 0 aliphatic rings. The van der Waals surface area contributed by atoms with Crippen LogP contribution in [0.4, 0.5) is 4.39 Å². The number of methoxy groups -OCH3 is 2. The quantitative estimate of drug-likeness (QED) is 0.676. The number of nitrogens with one attached hydrogen (secondary N) is 2. The molecule has 2 rings (SSSR count). The summed E-state index contributed by atoms with van der Waals surface area (Å²) in [4.78, 5) is 12.1. The number of hydrogen-bond acceptors (Lipinski definition) is 5. The van der Waals surface area contributed by atoms with Crippen LogP contribution in [0.3, 0.4) is 0 Å². The Morgan fingerprint density at radius 2 is 1.65 bits per heavy atom. The van der Waals surface area contributed by atoms with E-state index in [0.29, 0.717) is 17.1 Å². The Labute approximate surface area is 151 Å². The van der Waals surface area contributed by atoms with E-state index >= 15 is 0 Å². The number of benzene rings is 2. The van der Waals surface area contributed by atoms with Crippen molar-refractivity contribution in [2.45, 2.75) is 4.90 Å². The Bertz CT molecular complexity index is 869.